The third-order valence-electron chi connectivity index (χ3n) is 5.64. The van der Waals surface area contributed by atoms with Gasteiger partial charge in [0.15, 0.2) is 6.10 Å². The van der Waals surface area contributed by atoms with Gasteiger partial charge in [0, 0.05) is 25.5 Å². The summed E-state index contributed by atoms with van der Waals surface area (Å²) in [5.41, 5.74) is 4.57. The summed E-state index contributed by atoms with van der Waals surface area (Å²) < 4.78 is 5.33. The Kier molecular flexibility index (Phi) is 9.60. The van der Waals surface area contributed by atoms with Crippen LogP contribution in [0.2, 0.25) is 0 Å². The Balaban J connectivity index is 1.63. The van der Waals surface area contributed by atoms with E-state index in [0.717, 1.165) is 23.4 Å². The number of nitrogens with one attached hydrogen (secondary N) is 1. The zero-order valence-corrected chi connectivity index (χ0v) is 19.8. The van der Waals surface area contributed by atoms with Crippen molar-refractivity contribution in [3.63, 3.8) is 0 Å². The van der Waals surface area contributed by atoms with E-state index in [0.29, 0.717) is 19.6 Å². The van der Waals surface area contributed by atoms with Crippen molar-refractivity contribution in [1.29, 1.82) is 0 Å². The molecule has 0 saturated carbocycles. The summed E-state index contributed by atoms with van der Waals surface area (Å²) in [5, 5.41) is 12.7. The van der Waals surface area contributed by atoms with E-state index in [9.17, 15) is 9.90 Å². The minimum Gasteiger partial charge on any atom is -0.479 e. The largest absolute Gasteiger partial charge is 0.479 e. The molecule has 0 fully saturated rings. The number of carboxylic acid groups (broad SMARTS) is 1. The molecule has 2 N–H and O–H groups in total. The minimum absolute atomic E-state index is 0.124. The van der Waals surface area contributed by atoms with Crippen LogP contribution in [0.25, 0.3) is 0 Å². The fourth-order valence-electron chi connectivity index (χ4n) is 3.83. The molecule has 5 heteroatoms. The van der Waals surface area contributed by atoms with Crippen LogP contribution in [0.1, 0.15) is 41.5 Å². The van der Waals surface area contributed by atoms with E-state index in [-0.39, 0.29) is 5.92 Å². The van der Waals surface area contributed by atoms with Crippen LogP contribution in [0.3, 0.4) is 0 Å². The summed E-state index contributed by atoms with van der Waals surface area (Å²) in [5.74, 6) is -0.804. The van der Waals surface area contributed by atoms with Crippen molar-refractivity contribution in [3.8, 4) is 0 Å². The molecule has 0 spiro atoms. The Hall–Kier alpha value is -3.02. The van der Waals surface area contributed by atoms with Crippen LogP contribution < -0.4 is 5.32 Å². The minimum atomic E-state index is -0.928. The maximum absolute atomic E-state index is 11.3. The molecule has 0 radical (unpaired) electrons. The van der Waals surface area contributed by atoms with Crippen LogP contribution in [-0.2, 0) is 28.9 Å². The predicted octanol–water partition coefficient (Wildman–Crippen LogP) is 5.55. The second-order valence-corrected chi connectivity index (χ2v) is 8.45. The van der Waals surface area contributed by atoms with Crippen molar-refractivity contribution >= 4 is 23.2 Å². The lowest BCUT2D eigenvalue weighted by Crippen LogP contribution is -2.27. The third kappa shape index (κ3) is 7.81. The summed E-state index contributed by atoms with van der Waals surface area (Å²) in [6.45, 7) is 2.90. The number of carbonyl (C=O) groups is 1. The number of carboxylic acids is 1. The Bertz CT molecular complexity index is 1010. The highest BCUT2D eigenvalue weighted by Crippen LogP contribution is 2.24. The van der Waals surface area contributed by atoms with Crippen LogP contribution in [0.15, 0.2) is 84.9 Å². The van der Waals surface area contributed by atoms with Gasteiger partial charge in [-0.2, -0.15) is 0 Å². The quantitative estimate of drug-likeness (QED) is 0.346. The highest BCUT2D eigenvalue weighted by Gasteiger charge is 2.19. The van der Waals surface area contributed by atoms with Gasteiger partial charge in [0.25, 0.3) is 0 Å². The van der Waals surface area contributed by atoms with Gasteiger partial charge in [-0.3, -0.25) is 0 Å². The molecular weight excluding hydrogens is 430 g/mol. The Morgan fingerprint density at radius 1 is 0.909 bits per heavy atom. The molecular formula is C28H31NO3S. The standard InChI is InChI=1S/C28H31NO3S/c1-2-32-26(28(30)31)19-22-15-13-21(14-16-22)17-18-25(24-11-7-4-8-12-24)27(33)29-20-23-9-5-3-6-10-23/h3-16,25-26H,2,17-20H2,1H3,(H,29,33)(H,30,31)/t25?,26-/m0/s1. The average Bonchev–Trinajstić information content (AvgIpc) is 2.85. The first-order valence-electron chi connectivity index (χ1n) is 11.4. The molecule has 3 aromatic rings. The average molecular weight is 462 g/mol. The number of hydrogen-bond acceptors (Lipinski definition) is 3. The number of thiocarbonyl (C=S) groups is 1. The fourth-order valence-corrected chi connectivity index (χ4v) is 4.15. The summed E-state index contributed by atoms with van der Waals surface area (Å²) in [4.78, 5) is 12.2. The number of benzene rings is 3. The lowest BCUT2D eigenvalue weighted by Gasteiger charge is -2.20. The normalized spacial score (nSPS) is 12.6. The van der Waals surface area contributed by atoms with Crippen LogP contribution in [0, 0.1) is 0 Å². The first-order chi connectivity index (χ1) is 16.1. The van der Waals surface area contributed by atoms with Gasteiger partial charge in [-0.1, -0.05) is 97.1 Å². The number of rotatable bonds is 12. The van der Waals surface area contributed by atoms with Crippen molar-refractivity contribution in [2.75, 3.05) is 6.61 Å². The Morgan fingerprint density at radius 3 is 2.12 bits per heavy atom. The van der Waals surface area contributed by atoms with Crippen LogP contribution in [0.4, 0.5) is 0 Å². The van der Waals surface area contributed by atoms with Crippen molar-refractivity contribution < 1.29 is 14.6 Å². The zero-order valence-electron chi connectivity index (χ0n) is 18.9. The van der Waals surface area contributed by atoms with E-state index in [2.05, 4.69) is 41.7 Å². The van der Waals surface area contributed by atoms with Gasteiger partial charge in [-0.25, -0.2) is 4.79 Å². The van der Waals surface area contributed by atoms with Gasteiger partial charge >= 0.3 is 5.97 Å². The van der Waals surface area contributed by atoms with Gasteiger partial charge in [0.2, 0.25) is 0 Å². The Morgan fingerprint density at radius 2 is 1.52 bits per heavy atom. The van der Waals surface area contributed by atoms with E-state index in [1.807, 2.05) is 48.5 Å². The van der Waals surface area contributed by atoms with Crippen molar-refractivity contribution in [2.45, 2.75) is 44.8 Å². The molecule has 0 aromatic heterocycles. The molecule has 0 bridgehead atoms. The highest BCUT2D eigenvalue weighted by molar-refractivity contribution is 7.80. The molecule has 0 amide bonds. The summed E-state index contributed by atoms with van der Waals surface area (Å²) >= 11 is 5.81. The lowest BCUT2D eigenvalue weighted by molar-refractivity contribution is -0.149. The number of hydrogen-bond donors (Lipinski definition) is 2. The number of aryl methyl sites for hydroxylation is 1. The molecule has 3 aromatic carbocycles. The maximum atomic E-state index is 11.3. The molecule has 4 nitrogen and oxygen atoms in total. The summed E-state index contributed by atoms with van der Waals surface area (Å²) in [6, 6.07) is 28.8. The molecule has 0 aliphatic heterocycles. The molecule has 3 rings (SSSR count). The van der Waals surface area contributed by atoms with Crippen LogP contribution >= 0.6 is 12.2 Å². The molecule has 172 valence electrons. The van der Waals surface area contributed by atoms with Gasteiger partial charge in [-0.05, 0) is 42.0 Å². The number of aliphatic carboxylic acids is 1. The van der Waals surface area contributed by atoms with Gasteiger partial charge in [0.05, 0.1) is 4.99 Å². The molecule has 33 heavy (non-hydrogen) atoms. The van der Waals surface area contributed by atoms with E-state index in [4.69, 9.17) is 17.0 Å². The summed E-state index contributed by atoms with van der Waals surface area (Å²) in [6.07, 6.45) is 1.32. The third-order valence-corrected chi connectivity index (χ3v) is 6.07. The van der Waals surface area contributed by atoms with E-state index in [1.54, 1.807) is 6.92 Å². The van der Waals surface area contributed by atoms with Crippen LogP contribution in [0.5, 0.6) is 0 Å². The molecule has 0 aliphatic carbocycles. The van der Waals surface area contributed by atoms with E-state index < -0.39 is 12.1 Å². The van der Waals surface area contributed by atoms with Crippen molar-refractivity contribution in [2.24, 2.45) is 0 Å². The van der Waals surface area contributed by atoms with E-state index in [1.165, 1.54) is 16.7 Å². The van der Waals surface area contributed by atoms with Gasteiger partial charge < -0.3 is 15.2 Å². The molecule has 0 heterocycles. The lowest BCUT2D eigenvalue weighted by atomic mass is 9.91. The first kappa shape index (κ1) is 24.6. The van der Waals surface area contributed by atoms with E-state index >= 15 is 0 Å². The van der Waals surface area contributed by atoms with Crippen LogP contribution in [-0.4, -0.2) is 28.8 Å². The second-order valence-electron chi connectivity index (χ2n) is 8.01. The van der Waals surface area contributed by atoms with Gasteiger partial charge in [-0.15, -0.1) is 0 Å². The smallest absolute Gasteiger partial charge is 0.333 e. The fraction of sp³-hybridized carbons (Fsp3) is 0.286. The maximum Gasteiger partial charge on any atom is 0.333 e. The second kappa shape index (κ2) is 12.9. The van der Waals surface area contributed by atoms with Gasteiger partial charge in [0.1, 0.15) is 0 Å². The Labute approximate surface area is 201 Å². The van der Waals surface area contributed by atoms with Crippen molar-refractivity contribution in [1.82, 2.24) is 5.32 Å². The first-order valence-corrected chi connectivity index (χ1v) is 11.8. The highest BCUT2D eigenvalue weighted by atomic mass is 32.1. The molecule has 1 unspecified atom stereocenters. The number of ether oxygens (including phenoxy) is 1. The molecule has 2 atom stereocenters. The predicted molar refractivity (Wildman–Crippen MR) is 137 cm³/mol. The van der Waals surface area contributed by atoms with Crippen molar-refractivity contribution in [3.05, 3.63) is 107 Å². The topological polar surface area (TPSA) is 58.6 Å². The summed E-state index contributed by atoms with van der Waals surface area (Å²) in [7, 11) is 0. The SMILES string of the molecule is CCO[C@@H](Cc1ccc(CCC(C(=S)NCc2ccccc2)c2ccccc2)cc1)C(=O)O. The molecule has 0 saturated heterocycles. The monoisotopic (exact) mass is 461 g/mol. The molecule has 0 aliphatic rings. The zero-order chi connectivity index (χ0) is 23.5.